The maximum atomic E-state index is 14.3. The standard InChI is InChI=1S/C21H19F2N5O2/c22-14-2-1-3-15(23)18(14)20-19(21(24)29)16(6-7-25-20)27-17-5-4-13(12-26-17)28-8-10-30-11-9-28/h1-7,12H,8-11H2,(H2,24,29)(H,25,26,27). The smallest absolute Gasteiger partial charge is 0.253 e. The molecule has 3 heterocycles. The van der Waals surface area contributed by atoms with Crippen molar-refractivity contribution < 1.29 is 18.3 Å². The Balaban J connectivity index is 1.67. The van der Waals surface area contributed by atoms with E-state index in [0.717, 1.165) is 30.9 Å². The fourth-order valence-electron chi connectivity index (χ4n) is 3.34. The van der Waals surface area contributed by atoms with Gasteiger partial charge in [-0.2, -0.15) is 0 Å². The van der Waals surface area contributed by atoms with E-state index < -0.39 is 23.1 Å². The highest BCUT2D eigenvalue weighted by atomic mass is 19.1. The van der Waals surface area contributed by atoms with Gasteiger partial charge >= 0.3 is 0 Å². The number of nitrogens with zero attached hydrogens (tertiary/aromatic N) is 3. The average Bonchev–Trinajstić information content (AvgIpc) is 2.75. The molecule has 0 spiro atoms. The van der Waals surface area contributed by atoms with Crippen molar-refractivity contribution in [3.8, 4) is 11.3 Å². The van der Waals surface area contributed by atoms with E-state index in [9.17, 15) is 13.6 Å². The molecule has 2 aromatic heterocycles. The van der Waals surface area contributed by atoms with Gasteiger partial charge in [0, 0.05) is 19.3 Å². The number of halogens is 2. The number of ether oxygens (including phenoxy) is 1. The summed E-state index contributed by atoms with van der Waals surface area (Å²) in [6, 6.07) is 8.57. The second-order valence-corrected chi connectivity index (χ2v) is 6.67. The van der Waals surface area contributed by atoms with Crippen LogP contribution in [0.1, 0.15) is 10.4 Å². The molecule has 0 unspecified atom stereocenters. The number of carbonyl (C=O) groups is 1. The molecule has 7 nitrogen and oxygen atoms in total. The number of rotatable bonds is 5. The van der Waals surface area contributed by atoms with E-state index in [4.69, 9.17) is 10.5 Å². The molecule has 0 saturated carbocycles. The van der Waals surface area contributed by atoms with Gasteiger partial charge in [-0.25, -0.2) is 13.8 Å². The first-order valence-corrected chi connectivity index (χ1v) is 9.33. The number of nitrogens with two attached hydrogens (primary N) is 1. The lowest BCUT2D eigenvalue weighted by molar-refractivity contribution is 0.100. The lowest BCUT2D eigenvalue weighted by Gasteiger charge is -2.28. The van der Waals surface area contributed by atoms with E-state index >= 15 is 0 Å². The van der Waals surface area contributed by atoms with Crippen LogP contribution in [-0.2, 0) is 4.74 Å². The van der Waals surface area contributed by atoms with Crippen molar-refractivity contribution in [2.75, 3.05) is 36.5 Å². The summed E-state index contributed by atoms with van der Waals surface area (Å²) in [5, 5.41) is 2.99. The Morgan fingerprint density at radius 3 is 2.43 bits per heavy atom. The third-order valence-electron chi connectivity index (χ3n) is 4.78. The number of anilines is 3. The summed E-state index contributed by atoms with van der Waals surface area (Å²) < 4.78 is 33.9. The number of hydrogen-bond acceptors (Lipinski definition) is 6. The molecule has 1 aliphatic heterocycles. The molecule has 30 heavy (non-hydrogen) atoms. The lowest BCUT2D eigenvalue weighted by Crippen LogP contribution is -2.36. The molecule has 1 amide bonds. The average molecular weight is 411 g/mol. The molecule has 1 saturated heterocycles. The van der Waals surface area contributed by atoms with Crippen LogP contribution < -0.4 is 16.0 Å². The highest BCUT2D eigenvalue weighted by Crippen LogP contribution is 2.32. The van der Waals surface area contributed by atoms with Crippen LogP contribution in [0.15, 0.2) is 48.8 Å². The van der Waals surface area contributed by atoms with E-state index in [-0.39, 0.29) is 16.9 Å². The molecule has 3 aromatic rings. The predicted octanol–water partition coefficient (Wildman–Crippen LogP) is 3.10. The van der Waals surface area contributed by atoms with Crippen molar-refractivity contribution in [3.05, 3.63) is 66.0 Å². The summed E-state index contributed by atoms with van der Waals surface area (Å²) >= 11 is 0. The topological polar surface area (TPSA) is 93.4 Å². The lowest BCUT2D eigenvalue weighted by atomic mass is 10.0. The highest BCUT2D eigenvalue weighted by molar-refractivity contribution is 6.04. The Hall–Kier alpha value is -3.59. The monoisotopic (exact) mass is 411 g/mol. The van der Waals surface area contributed by atoms with E-state index in [0.29, 0.717) is 19.0 Å². The molecule has 9 heteroatoms. The number of amides is 1. The molecule has 4 rings (SSSR count). The molecule has 1 aliphatic rings. The molecule has 0 atom stereocenters. The third kappa shape index (κ3) is 3.92. The normalized spacial score (nSPS) is 13.9. The van der Waals surface area contributed by atoms with Gasteiger partial charge in [-0.1, -0.05) is 6.07 Å². The first kappa shape index (κ1) is 19.7. The zero-order valence-electron chi connectivity index (χ0n) is 15.9. The van der Waals surface area contributed by atoms with E-state index in [1.54, 1.807) is 12.3 Å². The van der Waals surface area contributed by atoms with Crippen molar-refractivity contribution in [1.29, 1.82) is 0 Å². The molecule has 0 bridgehead atoms. The SMILES string of the molecule is NC(=O)c1c(Nc2ccc(N3CCOCC3)cn2)ccnc1-c1c(F)cccc1F. The Kier molecular flexibility index (Phi) is 5.53. The fraction of sp³-hybridized carbons (Fsp3) is 0.190. The largest absolute Gasteiger partial charge is 0.378 e. The number of morpholine rings is 1. The van der Waals surface area contributed by atoms with Crippen LogP contribution in [-0.4, -0.2) is 42.2 Å². The van der Waals surface area contributed by atoms with Crippen LogP contribution >= 0.6 is 0 Å². The number of primary amides is 1. The van der Waals surface area contributed by atoms with Crippen molar-refractivity contribution in [3.63, 3.8) is 0 Å². The van der Waals surface area contributed by atoms with Gasteiger partial charge < -0.3 is 20.7 Å². The Bertz CT molecular complexity index is 1050. The summed E-state index contributed by atoms with van der Waals surface area (Å²) in [5.74, 6) is -2.10. The van der Waals surface area contributed by atoms with Gasteiger partial charge in [0.1, 0.15) is 17.5 Å². The number of nitrogens with one attached hydrogen (secondary N) is 1. The minimum absolute atomic E-state index is 0.124. The highest BCUT2D eigenvalue weighted by Gasteiger charge is 2.22. The number of pyridine rings is 2. The Labute approximate surface area is 171 Å². The molecule has 154 valence electrons. The second kappa shape index (κ2) is 8.42. The first-order chi connectivity index (χ1) is 14.5. The minimum atomic E-state index is -0.867. The fourth-order valence-corrected chi connectivity index (χ4v) is 3.34. The molecular weight excluding hydrogens is 392 g/mol. The first-order valence-electron chi connectivity index (χ1n) is 9.33. The van der Waals surface area contributed by atoms with Crippen LogP contribution in [0.3, 0.4) is 0 Å². The Morgan fingerprint density at radius 1 is 1.07 bits per heavy atom. The van der Waals surface area contributed by atoms with Crippen molar-refractivity contribution in [2.24, 2.45) is 5.73 Å². The zero-order chi connectivity index (χ0) is 21.1. The minimum Gasteiger partial charge on any atom is -0.378 e. The van der Waals surface area contributed by atoms with Crippen LogP contribution in [0.2, 0.25) is 0 Å². The Morgan fingerprint density at radius 2 is 1.80 bits per heavy atom. The number of aromatic nitrogens is 2. The van der Waals surface area contributed by atoms with E-state index in [2.05, 4.69) is 20.2 Å². The van der Waals surface area contributed by atoms with Gasteiger partial charge in [-0.05, 0) is 30.3 Å². The molecule has 0 radical (unpaired) electrons. The van der Waals surface area contributed by atoms with Gasteiger partial charge in [0.15, 0.2) is 0 Å². The van der Waals surface area contributed by atoms with Gasteiger partial charge in [-0.3, -0.25) is 9.78 Å². The van der Waals surface area contributed by atoms with Crippen LogP contribution in [0.25, 0.3) is 11.3 Å². The second-order valence-electron chi connectivity index (χ2n) is 6.67. The summed E-state index contributed by atoms with van der Waals surface area (Å²) in [6.07, 6.45) is 3.05. The molecular formula is C21H19F2N5O2. The van der Waals surface area contributed by atoms with Crippen LogP contribution in [0, 0.1) is 11.6 Å². The number of benzene rings is 1. The van der Waals surface area contributed by atoms with Crippen LogP contribution in [0.5, 0.6) is 0 Å². The summed E-state index contributed by atoms with van der Waals surface area (Å²) in [7, 11) is 0. The molecule has 3 N–H and O–H groups in total. The van der Waals surface area contributed by atoms with Crippen molar-refractivity contribution in [2.45, 2.75) is 0 Å². The van der Waals surface area contributed by atoms with Gasteiger partial charge in [0.25, 0.3) is 5.91 Å². The van der Waals surface area contributed by atoms with Crippen LogP contribution in [0.4, 0.5) is 26.0 Å². The summed E-state index contributed by atoms with van der Waals surface area (Å²) in [6.45, 7) is 2.88. The zero-order valence-corrected chi connectivity index (χ0v) is 15.9. The van der Waals surface area contributed by atoms with E-state index in [1.165, 1.54) is 18.3 Å². The third-order valence-corrected chi connectivity index (χ3v) is 4.78. The summed E-state index contributed by atoms with van der Waals surface area (Å²) in [4.78, 5) is 22.7. The quantitative estimate of drug-likeness (QED) is 0.670. The number of hydrogen-bond donors (Lipinski definition) is 2. The predicted molar refractivity (Wildman–Crippen MR) is 109 cm³/mol. The maximum Gasteiger partial charge on any atom is 0.253 e. The van der Waals surface area contributed by atoms with E-state index in [1.807, 2.05) is 6.07 Å². The van der Waals surface area contributed by atoms with Crippen molar-refractivity contribution in [1.82, 2.24) is 9.97 Å². The molecule has 0 aliphatic carbocycles. The maximum absolute atomic E-state index is 14.3. The van der Waals surface area contributed by atoms with Gasteiger partial charge in [-0.15, -0.1) is 0 Å². The molecule has 1 aromatic carbocycles. The van der Waals surface area contributed by atoms with Gasteiger partial charge in [0.2, 0.25) is 0 Å². The van der Waals surface area contributed by atoms with Gasteiger partial charge in [0.05, 0.1) is 47.6 Å². The van der Waals surface area contributed by atoms with Crippen molar-refractivity contribution >= 4 is 23.1 Å². The molecule has 1 fully saturated rings. The summed E-state index contributed by atoms with van der Waals surface area (Å²) in [5.41, 5.74) is 6.02. The number of carbonyl (C=O) groups excluding carboxylic acids is 1.